The molecular formula is C37H39BrClN3O6S. The third-order valence-corrected chi connectivity index (χ3v) is 11.1. The number of nitrogens with zero attached hydrogens (tertiary/aromatic N) is 2. The van der Waals surface area contributed by atoms with Crippen LogP contribution >= 0.6 is 27.5 Å². The van der Waals surface area contributed by atoms with E-state index in [0.717, 1.165) is 45.6 Å². The van der Waals surface area contributed by atoms with Crippen molar-refractivity contribution < 1.29 is 27.5 Å². The maximum absolute atomic E-state index is 14.7. The lowest BCUT2D eigenvalue weighted by atomic mass is 10.0. The van der Waals surface area contributed by atoms with E-state index in [9.17, 15) is 18.0 Å². The van der Waals surface area contributed by atoms with Gasteiger partial charge in [0.05, 0.1) is 24.8 Å². The number of sulfonamides is 1. The van der Waals surface area contributed by atoms with Gasteiger partial charge in [-0.25, -0.2) is 8.42 Å². The van der Waals surface area contributed by atoms with Gasteiger partial charge in [0.2, 0.25) is 11.8 Å². The Morgan fingerprint density at radius 2 is 1.53 bits per heavy atom. The second-order valence-corrected chi connectivity index (χ2v) is 15.1. The second kappa shape index (κ2) is 16.6. The van der Waals surface area contributed by atoms with Gasteiger partial charge < -0.3 is 19.7 Å². The largest absolute Gasteiger partial charge is 0.493 e. The van der Waals surface area contributed by atoms with Crippen molar-refractivity contribution in [3.8, 4) is 11.5 Å². The quantitative estimate of drug-likeness (QED) is 0.148. The van der Waals surface area contributed by atoms with Crippen molar-refractivity contribution in [2.75, 3.05) is 25.1 Å². The smallest absolute Gasteiger partial charge is 0.264 e. The molecule has 1 saturated carbocycles. The Balaban J connectivity index is 1.57. The summed E-state index contributed by atoms with van der Waals surface area (Å²) in [6.07, 6.45) is 4.04. The molecule has 1 aliphatic carbocycles. The average Bonchev–Trinajstić information content (AvgIpc) is 3.63. The summed E-state index contributed by atoms with van der Waals surface area (Å²) in [7, 11) is -1.48. The fraction of sp³-hybridized carbons (Fsp3) is 0.297. The molecule has 1 atom stereocenters. The Bertz CT molecular complexity index is 1840. The molecular weight excluding hydrogens is 730 g/mol. The summed E-state index contributed by atoms with van der Waals surface area (Å²) in [5, 5.41) is 3.59. The van der Waals surface area contributed by atoms with E-state index in [-0.39, 0.29) is 41.2 Å². The first-order chi connectivity index (χ1) is 23.6. The number of carbonyl (C=O) groups excluding carboxylic acids is 2. The highest BCUT2D eigenvalue weighted by Gasteiger charge is 2.36. The molecule has 9 nitrogen and oxygen atoms in total. The molecule has 0 spiro atoms. The summed E-state index contributed by atoms with van der Waals surface area (Å²) < 4.78 is 41.4. The summed E-state index contributed by atoms with van der Waals surface area (Å²) >= 11 is 9.65. The van der Waals surface area contributed by atoms with Gasteiger partial charge >= 0.3 is 0 Å². The summed E-state index contributed by atoms with van der Waals surface area (Å²) in [4.78, 5) is 30.2. The third-order valence-electron chi connectivity index (χ3n) is 8.58. The van der Waals surface area contributed by atoms with Crippen LogP contribution in [0.4, 0.5) is 5.69 Å². The minimum atomic E-state index is -4.35. The molecule has 0 saturated heterocycles. The van der Waals surface area contributed by atoms with Crippen LogP contribution in [0.3, 0.4) is 0 Å². The number of halogens is 2. The molecule has 1 fully saturated rings. The highest BCUT2D eigenvalue weighted by Crippen LogP contribution is 2.33. The van der Waals surface area contributed by atoms with Crippen molar-refractivity contribution in [1.29, 1.82) is 0 Å². The van der Waals surface area contributed by atoms with E-state index in [1.165, 1.54) is 37.3 Å². The summed E-state index contributed by atoms with van der Waals surface area (Å²) in [6, 6.07) is 26.5. The first-order valence-electron chi connectivity index (χ1n) is 16.0. The van der Waals surface area contributed by atoms with E-state index >= 15 is 0 Å². The average molecular weight is 769 g/mol. The van der Waals surface area contributed by atoms with Gasteiger partial charge in [-0.05, 0) is 72.5 Å². The van der Waals surface area contributed by atoms with E-state index < -0.39 is 28.5 Å². The third kappa shape index (κ3) is 9.14. The van der Waals surface area contributed by atoms with Gasteiger partial charge in [-0.2, -0.15) is 0 Å². The van der Waals surface area contributed by atoms with E-state index in [1.54, 1.807) is 24.3 Å². The van der Waals surface area contributed by atoms with Gasteiger partial charge in [0.15, 0.2) is 11.5 Å². The lowest BCUT2D eigenvalue weighted by molar-refractivity contribution is -0.140. The van der Waals surface area contributed by atoms with Gasteiger partial charge in [-0.15, -0.1) is 0 Å². The number of ether oxygens (including phenoxy) is 2. The molecule has 258 valence electrons. The maximum atomic E-state index is 14.7. The Morgan fingerprint density at radius 1 is 0.878 bits per heavy atom. The molecule has 0 heterocycles. The van der Waals surface area contributed by atoms with Gasteiger partial charge in [0.1, 0.15) is 12.6 Å². The fourth-order valence-electron chi connectivity index (χ4n) is 5.95. The molecule has 2 amide bonds. The van der Waals surface area contributed by atoms with Crippen molar-refractivity contribution in [3.05, 3.63) is 118 Å². The summed E-state index contributed by atoms with van der Waals surface area (Å²) in [5.41, 5.74) is 1.88. The number of hydrogen-bond donors (Lipinski definition) is 1. The first-order valence-corrected chi connectivity index (χ1v) is 18.6. The number of amides is 2. The van der Waals surface area contributed by atoms with Crippen molar-refractivity contribution in [3.63, 3.8) is 0 Å². The SMILES string of the molecule is COc1ccc(S(=O)(=O)N(CC(=O)N(Cc2ccc(Br)cc2)[C@H](Cc2ccccc2)C(=O)NC2CCCC2)c2ccc(Cl)cc2)cc1OC. The van der Waals surface area contributed by atoms with Crippen molar-refractivity contribution in [2.24, 2.45) is 0 Å². The molecule has 1 aliphatic rings. The molecule has 0 radical (unpaired) electrons. The Hall–Kier alpha value is -4.06. The Labute approximate surface area is 301 Å². The second-order valence-electron chi connectivity index (χ2n) is 11.8. The minimum Gasteiger partial charge on any atom is -0.493 e. The molecule has 0 aromatic heterocycles. The standard InChI is InChI=1S/C37H39BrClN3O6S/c1-47-34-21-20-32(23-35(34)48-2)49(45,46)42(31-18-16-29(39)17-19-31)25-36(43)41(24-27-12-14-28(38)15-13-27)33(22-26-8-4-3-5-9-26)37(44)40-30-10-6-7-11-30/h3-5,8-9,12-21,23,30,33H,6-7,10-11,22,24-25H2,1-2H3,(H,40,44)/t33-/m1/s1. The Morgan fingerprint density at radius 3 is 2.16 bits per heavy atom. The van der Waals surface area contributed by atoms with Crippen LogP contribution < -0.4 is 19.1 Å². The van der Waals surface area contributed by atoms with Crippen molar-refractivity contribution in [2.45, 2.75) is 55.6 Å². The lowest BCUT2D eigenvalue weighted by Gasteiger charge is -2.34. The zero-order valence-corrected chi connectivity index (χ0v) is 30.5. The van der Waals surface area contributed by atoms with E-state index in [2.05, 4.69) is 21.2 Å². The number of rotatable bonds is 14. The molecule has 1 N–H and O–H groups in total. The summed E-state index contributed by atoms with van der Waals surface area (Å²) in [6.45, 7) is -0.511. The van der Waals surface area contributed by atoms with Crippen LogP contribution in [0.2, 0.25) is 5.02 Å². The fourth-order valence-corrected chi connectivity index (χ4v) is 7.77. The number of hydrogen-bond acceptors (Lipinski definition) is 6. The van der Waals surface area contributed by atoms with E-state index in [0.29, 0.717) is 10.8 Å². The number of benzene rings is 4. The molecule has 0 unspecified atom stereocenters. The van der Waals surface area contributed by atoms with Gasteiger partial charge in [-0.1, -0.05) is 82.8 Å². The van der Waals surface area contributed by atoms with Gasteiger partial charge in [0, 0.05) is 34.6 Å². The molecule has 4 aromatic carbocycles. The minimum absolute atomic E-state index is 0.0198. The highest BCUT2D eigenvalue weighted by molar-refractivity contribution is 9.10. The lowest BCUT2D eigenvalue weighted by Crippen LogP contribution is -2.54. The van der Waals surface area contributed by atoms with Crippen LogP contribution in [0.15, 0.2) is 106 Å². The normalized spacial score (nSPS) is 13.8. The van der Waals surface area contributed by atoms with Crippen LogP contribution in [-0.4, -0.2) is 58.0 Å². The van der Waals surface area contributed by atoms with Crippen LogP contribution in [0.1, 0.15) is 36.8 Å². The number of carbonyl (C=O) groups is 2. The van der Waals surface area contributed by atoms with Crippen LogP contribution in [0.25, 0.3) is 0 Å². The molecule has 5 rings (SSSR count). The highest BCUT2D eigenvalue weighted by atomic mass is 79.9. The first kappa shape index (κ1) is 36.2. The molecule has 0 aliphatic heterocycles. The molecule has 0 bridgehead atoms. The zero-order chi connectivity index (χ0) is 35.0. The predicted molar refractivity (Wildman–Crippen MR) is 195 cm³/mol. The predicted octanol–water partition coefficient (Wildman–Crippen LogP) is 7.01. The van der Waals surface area contributed by atoms with Crippen molar-refractivity contribution in [1.82, 2.24) is 10.2 Å². The Kier molecular flexibility index (Phi) is 12.2. The monoisotopic (exact) mass is 767 g/mol. The topological polar surface area (TPSA) is 105 Å². The van der Waals surface area contributed by atoms with E-state index in [1.807, 2.05) is 54.6 Å². The molecule has 49 heavy (non-hydrogen) atoms. The maximum Gasteiger partial charge on any atom is 0.264 e. The molecule has 12 heteroatoms. The zero-order valence-electron chi connectivity index (χ0n) is 27.4. The van der Waals surface area contributed by atoms with Crippen molar-refractivity contribution >= 4 is 55.1 Å². The van der Waals surface area contributed by atoms with Crippen LogP contribution in [-0.2, 0) is 32.6 Å². The van der Waals surface area contributed by atoms with Gasteiger partial charge in [0.25, 0.3) is 10.0 Å². The number of nitrogens with one attached hydrogen (secondary N) is 1. The number of methoxy groups -OCH3 is 2. The number of anilines is 1. The summed E-state index contributed by atoms with van der Waals surface area (Å²) in [5.74, 6) is -0.256. The van der Waals surface area contributed by atoms with Gasteiger partial charge in [-0.3, -0.25) is 13.9 Å². The van der Waals surface area contributed by atoms with E-state index in [4.69, 9.17) is 21.1 Å². The molecule has 4 aromatic rings. The van der Waals surface area contributed by atoms with Crippen LogP contribution in [0.5, 0.6) is 11.5 Å². The van der Waals surface area contributed by atoms with Crippen LogP contribution in [0, 0.1) is 0 Å².